The number of carbonyl (C=O) groups excluding carboxylic acids is 1. The minimum Gasteiger partial charge on any atom is -0.335 e. The van der Waals surface area contributed by atoms with Crippen LogP contribution in [0.3, 0.4) is 0 Å². The molecule has 1 aliphatic carbocycles. The molecular weight excluding hydrogens is 558 g/mol. The molecule has 0 radical (unpaired) electrons. The second kappa shape index (κ2) is 12.3. The van der Waals surface area contributed by atoms with Crippen LogP contribution in [-0.2, 0) is 19.0 Å². The summed E-state index contributed by atoms with van der Waals surface area (Å²) >= 11 is 0. The van der Waals surface area contributed by atoms with Crippen molar-refractivity contribution >= 4 is 11.7 Å². The van der Waals surface area contributed by atoms with Crippen molar-refractivity contribution in [2.75, 3.05) is 18.4 Å². The predicted octanol–water partition coefficient (Wildman–Crippen LogP) is 6.26. The summed E-state index contributed by atoms with van der Waals surface area (Å²) in [5.41, 5.74) is 6.06. The maximum Gasteiger partial charge on any atom is 0.319 e. The molecule has 1 aromatic heterocycles. The van der Waals surface area contributed by atoms with Crippen LogP contribution in [0.5, 0.6) is 0 Å². The highest BCUT2D eigenvalue weighted by Gasteiger charge is 2.51. The molecule has 0 bridgehead atoms. The molecule has 45 heavy (non-hydrogen) atoms. The van der Waals surface area contributed by atoms with E-state index < -0.39 is 5.54 Å². The van der Waals surface area contributed by atoms with Gasteiger partial charge in [-0.25, -0.2) is 9.48 Å². The Kier molecular flexibility index (Phi) is 7.90. The number of hydrogen-bond acceptors (Lipinski definition) is 5. The average Bonchev–Trinajstić information content (AvgIpc) is 3.80. The van der Waals surface area contributed by atoms with Crippen LogP contribution in [0, 0.1) is 11.8 Å². The van der Waals surface area contributed by atoms with Crippen LogP contribution in [0.25, 0.3) is 11.4 Å². The first-order valence-electron chi connectivity index (χ1n) is 15.9. The van der Waals surface area contributed by atoms with E-state index >= 15 is 0 Å². The smallest absolute Gasteiger partial charge is 0.319 e. The molecule has 2 heterocycles. The number of fused-ring (bicyclic) bond motifs is 1. The third-order valence-corrected chi connectivity index (χ3v) is 9.76. The van der Waals surface area contributed by atoms with Gasteiger partial charge in [-0.05, 0) is 82.0 Å². The van der Waals surface area contributed by atoms with E-state index in [-0.39, 0.29) is 12.1 Å². The van der Waals surface area contributed by atoms with Crippen molar-refractivity contribution in [2.45, 2.75) is 37.8 Å². The average molecular weight is 598 g/mol. The van der Waals surface area contributed by atoms with Crippen molar-refractivity contribution in [3.8, 4) is 11.4 Å². The second-order valence-electron chi connectivity index (χ2n) is 12.3. The Labute approximate surface area is 264 Å². The number of urea groups is 1. The third-order valence-electron chi connectivity index (χ3n) is 9.76. The third kappa shape index (κ3) is 5.40. The number of nitrogens with zero attached hydrogens (tertiary/aromatic N) is 5. The number of likely N-dealkylation sites (tertiary alicyclic amines) is 1. The Bertz CT molecular complexity index is 1660. The summed E-state index contributed by atoms with van der Waals surface area (Å²) < 4.78 is 1.64. The van der Waals surface area contributed by atoms with Crippen LogP contribution in [0.2, 0.25) is 0 Å². The first-order valence-corrected chi connectivity index (χ1v) is 15.9. The lowest BCUT2D eigenvalue weighted by Gasteiger charge is -2.44. The number of aromatic nitrogens is 4. The molecular formula is C37H39N7O. The highest BCUT2D eigenvalue weighted by Crippen LogP contribution is 2.49. The maximum absolute atomic E-state index is 13.5. The number of nitrogens with one attached hydrogen (secondary N) is 2. The van der Waals surface area contributed by atoms with E-state index in [0.717, 1.165) is 49.2 Å². The van der Waals surface area contributed by atoms with E-state index in [1.165, 1.54) is 16.7 Å². The molecule has 8 nitrogen and oxygen atoms in total. The summed E-state index contributed by atoms with van der Waals surface area (Å²) in [6, 6.07) is 38.6. The Balaban J connectivity index is 1.15. The van der Waals surface area contributed by atoms with Gasteiger partial charge in [-0.3, -0.25) is 4.90 Å². The zero-order valence-corrected chi connectivity index (χ0v) is 25.8. The van der Waals surface area contributed by atoms with Crippen molar-refractivity contribution in [2.24, 2.45) is 18.9 Å². The first kappa shape index (κ1) is 28.9. The Morgan fingerprint density at radius 3 is 2.02 bits per heavy atom. The quantitative estimate of drug-likeness (QED) is 0.206. The van der Waals surface area contributed by atoms with Gasteiger partial charge in [-0.2, -0.15) is 0 Å². The number of carbonyl (C=O) groups is 1. The number of tetrazole rings is 1. The van der Waals surface area contributed by atoms with Gasteiger partial charge in [0.15, 0.2) is 5.82 Å². The molecule has 0 spiro atoms. The van der Waals surface area contributed by atoms with E-state index in [1.807, 2.05) is 19.2 Å². The fourth-order valence-electron chi connectivity index (χ4n) is 7.71. The highest BCUT2D eigenvalue weighted by atomic mass is 16.2. The molecule has 2 N–H and O–H groups in total. The molecule has 3 unspecified atom stereocenters. The number of hydrogen-bond donors (Lipinski definition) is 2. The Morgan fingerprint density at radius 1 is 0.844 bits per heavy atom. The predicted molar refractivity (Wildman–Crippen MR) is 177 cm³/mol. The zero-order chi connectivity index (χ0) is 30.8. The molecule has 5 aromatic rings. The topological polar surface area (TPSA) is 88.0 Å². The Hall–Kier alpha value is -4.82. The van der Waals surface area contributed by atoms with Crippen LogP contribution in [0.4, 0.5) is 10.5 Å². The summed E-state index contributed by atoms with van der Waals surface area (Å²) in [6.45, 7) is 3.96. The maximum atomic E-state index is 13.5. The normalized spacial score (nSPS) is 19.7. The van der Waals surface area contributed by atoms with E-state index in [2.05, 4.69) is 135 Å². The van der Waals surface area contributed by atoms with Crippen LogP contribution in [-0.4, -0.2) is 50.3 Å². The number of benzene rings is 4. The number of anilines is 1. The molecule has 2 aliphatic rings. The molecule has 1 aliphatic heterocycles. The van der Waals surface area contributed by atoms with Crippen LogP contribution < -0.4 is 10.6 Å². The Morgan fingerprint density at radius 2 is 1.47 bits per heavy atom. The summed E-state index contributed by atoms with van der Waals surface area (Å²) in [7, 11) is 1.82. The van der Waals surface area contributed by atoms with Gasteiger partial charge in [0.1, 0.15) is 0 Å². The van der Waals surface area contributed by atoms with Gasteiger partial charge in [0, 0.05) is 37.4 Å². The minimum atomic E-state index is -0.438. The number of aryl methyl sites for hydroxylation is 2. The van der Waals surface area contributed by atoms with Gasteiger partial charge in [-0.1, -0.05) is 97.9 Å². The van der Waals surface area contributed by atoms with Crippen molar-refractivity contribution < 1.29 is 4.79 Å². The van der Waals surface area contributed by atoms with Crippen molar-refractivity contribution in [1.82, 2.24) is 30.4 Å². The largest absolute Gasteiger partial charge is 0.335 e. The van der Waals surface area contributed by atoms with Crippen LogP contribution in [0.15, 0.2) is 109 Å². The van der Waals surface area contributed by atoms with E-state index in [1.54, 1.807) is 4.68 Å². The van der Waals surface area contributed by atoms with E-state index in [4.69, 9.17) is 0 Å². The lowest BCUT2D eigenvalue weighted by molar-refractivity contribution is 0.178. The molecule has 3 atom stereocenters. The molecule has 1 saturated heterocycles. The molecule has 7 rings (SSSR count). The summed E-state index contributed by atoms with van der Waals surface area (Å²) in [6.07, 6.45) is 2.91. The van der Waals surface area contributed by atoms with Crippen molar-refractivity contribution in [3.63, 3.8) is 0 Å². The van der Waals surface area contributed by atoms with Gasteiger partial charge < -0.3 is 10.6 Å². The van der Waals surface area contributed by atoms with E-state index in [0.29, 0.717) is 17.7 Å². The lowest BCUT2D eigenvalue weighted by Crippen LogP contribution is -2.48. The van der Waals surface area contributed by atoms with Crippen LogP contribution >= 0.6 is 0 Å². The van der Waals surface area contributed by atoms with Crippen molar-refractivity contribution in [3.05, 3.63) is 131 Å². The van der Waals surface area contributed by atoms with Gasteiger partial charge in [0.05, 0.1) is 5.54 Å². The molecule has 228 valence electrons. The summed E-state index contributed by atoms with van der Waals surface area (Å²) in [4.78, 5) is 16.1. The SMILES string of the molecule is CCc1cc(NC(=O)NC2CCC3CN(C(c4ccccc4)(c4ccccc4)c4ccccc4)CC32)cc(-c2nnnn2C)c1. The number of rotatable bonds is 8. The second-order valence-corrected chi connectivity index (χ2v) is 12.3. The summed E-state index contributed by atoms with van der Waals surface area (Å²) in [5.74, 6) is 1.52. The monoisotopic (exact) mass is 597 g/mol. The summed E-state index contributed by atoms with van der Waals surface area (Å²) in [5, 5.41) is 18.4. The van der Waals surface area contributed by atoms with E-state index in [9.17, 15) is 4.79 Å². The fourth-order valence-corrected chi connectivity index (χ4v) is 7.71. The van der Waals surface area contributed by atoms with Gasteiger partial charge >= 0.3 is 6.03 Å². The van der Waals surface area contributed by atoms with Crippen molar-refractivity contribution in [1.29, 1.82) is 0 Å². The fraction of sp³-hybridized carbons (Fsp3) is 0.297. The van der Waals surface area contributed by atoms with Gasteiger partial charge in [-0.15, -0.1) is 5.10 Å². The molecule has 8 heteroatoms. The molecule has 2 amide bonds. The van der Waals surface area contributed by atoms with Gasteiger partial charge in [0.25, 0.3) is 0 Å². The minimum absolute atomic E-state index is 0.0942. The molecule has 2 fully saturated rings. The standard InChI is InChI=1S/C37H39N7O/c1-3-26-21-28(35-40-41-42-43(35)2)23-32(22-26)38-36(45)39-34-20-19-27-24-44(25-33(27)34)37(29-13-7-4-8-14-29,30-15-9-5-10-16-30)31-17-11-6-12-18-31/h4-18,21-23,27,33-34H,3,19-20,24-25H2,1-2H3,(H2,38,39,45). The highest BCUT2D eigenvalue weighted by molar-refractivity contribution is 5.90. The van der Waals surface area contributed by atoms with Crippen LogP contribution in [0.1, 0.15) is 42.0 Å². The zero-order valence-electron chi connectivity index (χ0n) is 25.8. The van der Waals surface area contributed by atoms with Gasteiger partial charge in [0.2, 0.25) is 0 Å². The molecule has 1 saturated carbocycles. The number of amides is 2. The first-order chi connectivity index (χ1) is 22.1. The lowest BCUT2D eigenvalue weighted by atomic mass is 9.75. The molecule has 4 aromatic carbocycles.